The molecule has 0 atom stereocenters. The van der Waals surface area contributed by atoms with Crippen molar-refractivity contribution in [3.05, 3.63) is 41.2 Å². The summed E-state index contributed by atoms with van der Waals surface area (Å²) in [7, 11) is 1.80. The Morgan fingerprint density at radius 1 is 1.14 bits per heavy atom. The first-order chi connectivity index (χ1) is 13.9. The Bertz CT molecular complexity index is 857. The van der Waals surface area contributed by atoms with Crippen LogP contribution in [-0.2, 0) is 12.0 Å². The lowest BCUT2D eigenvalue weighted by atomic mass is 9.84. The van der Waals surface area contributed by atoms with Crippen LogP contribution in [-0.4, -0.2) is 49.1 Å². The van der Waals surface area contributed by atoms with Gasteiger partial charge in [-0.3, -0.25) is 9.67 Å². The fraction of sp³-hybridized carbons (Fsp3) is 0.545. The average molecular weight is 400 g/mol. The van der Waals surface area contributed by atoms with E-state index < -0.39 is 0 Å². The third-order valence-electron chi connectivity index (χ3n) is 5.19. The number of aromatic nitrogens is 2. The molecule has 0 aliphatic carbocycles. The molecule has 0 radical (unpaired) electrons. The Balaban J connectivity index is 1.48. The minimum atomic E-state index is -0.0862. The molecular weight excluding hydrogens is 366 g/mol. The lowest BCUT2D eigenvalue weighted by Crippen LogP contribution is -2.43. The van der Waals surface area contributed by atoms with E-state index in [1.165, 1.54) is 11.3 Å². The highest BCUT2D eigenvalue weighted by atomic mass is 16.6. The van der Waals surface area contributed by atoms with E-state index in [2.05, 4.69) is 64.4 Å². The molecule has 29 heavy (non-hydrogen) atoms. The summed E-state index contributed by atoms with van der Waals surface area (Å²) in [6, 6.07) is 8.30. The van der Waals surface area contributed by atoms with Crippen molar-refractivity contribution in [1.82, 2.24) is 20.4 Å². The molecule has 2 aromatic rings. The van der Waals surface area contributed by atoms with E-state index in [0.717, 1.165) is 49.2 Å². The number of fused-ring (bicyclic) bond motifs is 1. The molecule has 7 heteroatoms. The van der Waals surface area contributed by atoms with E-state index in [1.807, 2.05) is 13.0 Å². The van der Waals surface area contributed by atoms with Gasteiger partial charge in [-0.15, -0.1) is 0 Å². The molecule has 1 aromatic heterocycles. The van der Waals surface area contributed by atoms with E-state index >= 15 is 0 Å². The van der Waals surface area contributed by atoms with E-state index in [0.29, 0.717) is 13.2 Å². The molecule has 0 spiro atoms. The second-order valence-electron chi connectivity index (χ2n) is 8.10. The second-order valence-corrected chi connectivity index (χ2v) is 8.10. The summed E-state index contributed by atoms with van der Waals surface area (Å²) in [5.41, 5.74) is 3.38. The normalized spacial score (nSPS) is 14.0. The third-order valence-corrected chi connectivity index (χ3v) is 5.19. The number of nitrogens with one attached hydrogen (secondary N) is 2. The zero-order valence-corrected chi connectivity index (χ0v) is 18.2. The Hall–Kier alpha value is -2.70. The maximum atomic E-state index is 5.73. The number of hydrogen-bond donors (Lipinski definition) is 2. The first-order valence-corrected chi connectivity index (χ1v) is 10.2. The predicted octanol–water partition coefficient (Wildman–Crippen LogP) is 2.80. The van der Waals surface area contributed by atoms with Gasteiger partial charge in [0.15, 0.2) is 17.5 Å². The molecule has 3 rings (SSSR count). The fourth-order valence-electron chi connectivity index (χ4n) is 3.43. The van der Waals surface area contributed by atoms with Gasteiger partial charge in [0.05, 0.1) is 5.69 Å². The average Bonchev–Trinajstić information content (AvgIpc) is 3.04. The molecule has 0 saturated carbocycles. The number of guanidine groups is 1. The van der Waals surface area contributed by atoms with E-state index in [9.17, 15) is 0 Å². The van der Waals surface area contributed by atoms with Crippen LogP contribution in [0, 0.1) is 13.8 Å². The molecule has 1 aliphatic heterocycles. The van der Waals surface area contributed by atoms with Gasteiger partial charge in [0, 0.05) is 37.8 Å². The molecular formula is C22H33N5O2. The Morgan fingerprint density at radius 2 is 1.90 bits per heavy atom. The number of benzene rings is 1. The molecule has 7 nitrogen and oxygen atoms in total. The van der Waals surface area contributed by atoms with Crippen LogP contribution in [0.15, 0.2) is 29.3 Å². The summed E-state index contributed by atoms with van der Waals surface area (Å²) >= 11 is 0. The highest BCUT2D eigenvalue weighted by Crippen LogP contribution is 2.34. The fourth-order valence-corrected chi connectivity index (χ4v) is 3.43. The number of hydrogen-bond acceptors (Lipinski definition) is 4. The van der Waals surface area contributed by atoms with Gasteiger partial charge in [0.25, 0.3) is 0 Å². The Kier molecular flexibility index (Phi) is 6.67. The van der Waals surface area contributed by atoms with Gasteiger partial charge in [-0.1, -0.05) is 19.9 Å². The van der Waals surface area contributed by atoms with Crippen LogP contribution in [0.4, 0.5) is 0 Å². The maximum absolute atomic E-state index is 5.73. The highest BCUT2D eigenvalue weighted by Gasteiger charge is 2.23. The largest absolute Gasteiger partial charge is 0.486 e. The number of aliphatic imine (C=N–C) groups is 1. The van der Waals surface area contributed by atoms with Crippen LogP contribution >= 0.6 is 0 Å². The molecule has 1 aromatic carbocycles. The monoisotopic (exact) mass is 399 g/mol. The quantitative estimate of drug-likeness (QED) is 0.426. The summed E-state index contributed by atoms with van der Waals surface area (Å²) in [6.45, 7) is 12.2. The van der Waals surface area contributed by atoms with Crippen molar-refractivity contribution in [3.63, 3.8) is 0 Å². The van der Waals surface area contributed by atoms with Gasteiger partial charge in [0.2, 0.25) is 0 Å². The van der Waals surface area contributed by atoms with Gasteiger partial charge < -0.3 is 20.1 Å². The van der Waals surface area contributed by atoms with Gasteiger partial charge >= 0.3 is 0 Å². The van der Waals surface area contributed by atoms with E-state index in [1.54, 1.807) is 7.05 Å². The van der Waals surface area contributed by atoms with Crippen molar-refractivity contribution in [3.8, 4) is 11.5 Å². The van der Waals surface area contributed by atoms with Crippen molar-refractivity contribution >= 4 is 5.96 Å². The van der Waals surface area contributed by atoms with Crippen molar-refractivity contribution in [2.75, 3.05) is 33.4 Å². The summed E-state index contributed by atoms with van der Waals surface area (Å²) in [6.07, 6.45) is 0.980. The van der Waals surface area contributed by atoms with Crippen LogP contribution in [0.2, 0.25) is 0 Å². The minimum absolute atomic E-state index is 0.0862. The first-order valence-electron chi connectivity index (χ1n) is 10.2. The van der Waals surface area contributed by atoms with Crippen molar-refractivity contribution in [2.45, 2.75) is 46.1 Å². The second kappa shape index (κ2) is 9.20. The SMILES string of the molecule is CN=C(NCCCn1nc(C)cc1C)NCC(C)(C)c1ccc2c(c1)OCCO2. The van der Waals surface area contributed by atoms with Crippen LogP contribution in [0.3, 0.4) is 0 Å². The van der Waals surface area contributed by atoms with E-state index in [-0.39, 0.29) is 5.41 Å². The van der Waals surface area contributed by atoms with E-state index in [4.69, 9.17) is 9.47 Å². The zero-order valence-electron chi connectivity index (χ0n) is 18.2. The van der Waals surface area contributed by atoms with Gasteiger partial charge in [-0.2, -0.15) is 5.10 Å². The van der Waals surface area contributed by atoms with Crippen LogP contribution < -0.4 is 20.1 Å². The summed E-state index contributed by atoms with van der Waals surface area (Å²) < 4.78 is 13.4. The molecule has 2 heterocycles. The molecule has 0 bridgehead atoms. The molecule has 0 unspecified atom stereocenters. The Morgan fingerprint density at radius 3 is 2.59 bits per heavy atom. The molecule has 158 valence electrons. The summed E-state index contributed by atoms with van der Waals surface area (Å²) in [5.74, 6) is 2.46. The minimum Gasteiger partial charge on any atom is -0.486 e. The zero-order chi connectivity index (χ0) is 20.9. The van der Waals surface area contributed by atoms with Crippen molar-refractivity contribution in [2.24, 2.45) is 4.99 Å². The third kappa shape index (κ3) is 5.43. The number of rotatable bonds is 7. The van der Waals surface area contributed by atoms with Crippen molar-refractivity contribution in [1.29, 1.82) is 0 Å². The van der Waals surface area contributed by atoms with Gasteiger partial charge in [0.1, 0.15) is 13.2 Å². The first kappa shape index (κ1) is 21.0. The smallest absolute Gasteiger partial charge is 0.191 e. The number of aryl methyl sites for hydroxylation is 3. The topological polar surface area (TPSA) is 72.7 Å². The number of ether oxygens (including phenoxy) is 2. The lowest BCUT2D eigenvalue weighted by Gasteiger charge is -2.28. The summed E-state index contributed by atoms with van der Waals surface area (Å²) in [5, 5.41) is 11.3. The van der Waals surface area contributed by atoms with Gasteiger partial charge in [-0.25, -0.2) is 0 Å². The molecule has 1 aliphatic rings. The number of nitrogens with zero attached hydrogens (tertiary/aromatic N) is 3. The van der Waals surface area contributed by atoms with Crippen LogP contribution in [0.1, 0.15) is 37.2 Å². The standard InChI is InChI=1S/C22H33N5O2/c1-16-13-17(2)27(26-16)10-6-9-24-21(23-5)25-15-22(3,4)18-7-8-19-20(14-18)29-12-11-28-19/h7-8,13-14H,6,9-12,15H2,1-5H3,(H2,23,24,25). The van der Waals surface area contributed by atoms with Crippen LogP contribution in [0.5, 0.6) is 11.5 Å². The molecule has 0 fully saturated rings. The highest BCUT2D eigenvalue weighted by molar-refractivity contribution is 5.79. The van der Waals surface area contributed by atoms with Gasteiger partial charge in [-0.05, 0) is 44.0 Å². The Labute approximate surface area is 173 Å². The summed E-state index contributed by atoms with van der Waals surface area (Å²) in [4.78, 5) is 4.35. The van der Waals surface area contributed by atoms with Crippen molar-refractivity contribution < 1.29 is 9.47 Å². The molecule has 2 N–H and O–H groups in total. The molecule has 0 saturated heterocycles. The lowest BCUT2D eigenvalue weighted by molar-refractivity contribution is 0.171. The maximum Gasteiger partial charge on any atom is 0.191 e. The predicted molar refractivity (Wildman–Crippen MR) is 116 cm³/mol. The molecule has 0 amide bonds. The van der Waals surface area contributed by atoms with Crippen LogP contribution in [0.25, 0.3) is 0 Å².